The molecule has 0 fully saturated rings. The maximum atomic E-state index is 11.3. The van der Waals surface area contributed by atoms with Crippen LogP contribution in [0.1, 0.15) is 69.2 Å². The maximum Gasteiger partial charge on any atom is 0.246 e. The minimum atomic E-state index is -0.557. The van der Waals surface area contributed by atoms with Gasteiger partial charge in [-0.2, -0.15) is 0 Å². The zero-order valence-electron chi connectivity index (χ0n) is 24.3. The third-order valence-corrected chi connectivity index (χ3v) is 3.42. The minimum Gasteiger partial charge on any atom is -0.378 e. The lowest BCUT2D eigenvalue weighted by atomic mass is 10.1. The molecule has 0 bridgehead atoms. The molecule has 0 aliphatic carbocycles. The van der Waals surface area contributed by atoms with Crippen molar-refractivity contribution < 1.29 is 28.7 Å². The van der Waals surface area contributed by atoms with Crippen molar-refractivity contribution in [2.45, 2.75) is 81.3 Å². The van der Waals surface area contributed by atoms with Crippen molar-refractivity contribution >= 4 is 23.5 Å². The number of carbonyl (C=O) groups is 4. The van der Waals surface area contributed by atoms with E-state index in [0.29, 0.717) is 19.8 Å². The zero-order chi connectivity index (χ0) is 28.4. The fraction of sp³-hybridized carbons (Fsp3) is 0.840. The molecule has 0 heterocycles. The third kappa shape index (κ3) is 46.0. The molecule has 0 saturated heterocycles. The molecule has 0 aromatic carbocycles. The predicted molar refractivity (Wildman–Crippen MR) is 142 cm³/mol. The second-order valence-corrected chi connectivity index (χ2v) is 9.02. The molecule has 0 rings (SSSR count). The summed E-state index contributed by atoms with van der Waals surface area (Å²) in [4.78, 5) is 42.8. The van der Waals surface area contributed by atoms with Gasteiger partial charge in [0.25, 0.3) is 0 Å². The quantitative estimate of drug-likeness (QED) is 0.297. The van der Waals surface area contributed by atoms with E-state index in [4.69, 9.17) is 9.47 Å². The molecule has 0 aliphatic heterocycles. The SMILES string of the molecule is CC(=O)C(C)C.CC(=O)NC(C)C.CC(C)C.CNCCOCCOCC(=O)NC(C)C(=O)NC. The average Bonchev–Trinajstić information content (AvgIpc) is 2.71. The lowest BCUT2D eigenvalue weighted by Crippen LogP contribution is -2.44. The van der Waals surface area contributed by atoms with Gasteiger partial charge in [-0.3, -0.25) is 19.2 Å². The second-order valence-electron chi connectivity index (χ2n) is 9.02. The summed E-state index contributed by atoms with van der Waals surface area (Å²) in [6.45, 7) is 21.0. The molecule has 1 unspecified atom stereocenters. The Kier molecular flexibility index (Phi) is 32.3. The van der Waals surface area contributed by atoms with Crippen LogP contribution in [0.15, 0.2) is 0 Å². The van der Waals surface area contributed by atoms with Gasteiger partial charge in [0.15, 0.2) is 0 Å². The molecule has 0 spiro atoms. The van der Waals surface area contributed by atoms with Crippen LogP contribution in [0.3, 0.4) is 0 Å². The first-order valence-corrected chi connectivity index (χ1v) is 12.2. The van der Waals surface area contributed by atoms with Crippen LogP contribution in [0, 0.1) is 11.8 Å². The van der Waals surface area contributed by atoms with E-state index in [9.17, 15) is 19.2 Å². The van der Waals surface area contributed by atoms with Crippen LogP contribution in [0.5, 0.6) is 0 Å². The van der Waals surface area contributed by atoms with Gasteiger partial charge in [0, 0.05) is 32.5 Å². The van der Waals surface area contributed by atoms with E-state index in [-0.39, 0.29) is 42.1 Å². The van der Waals surface area contributed by atoms with Crippen molar-refractivity contribution in [2.75, 3.05) is 47.1 Å². The number of rotatable bonds is 12. The molecular formula is C25H54N4O6. The Morgan fingerprint density at radius 1 is 0.743 bits per heavy atom. The number of likely N-dealkylation sites (N-methyl/N-ethyl adjacent to an activating group) is 2. The normalized spacial score (nSPS) is 10.6. The molecule has 10 heteroatoms. The van der Waals surface area contributed by atoms with Gasteiger partial charge in [-0.05, 0) is 40.7 Å². The van der Waals surface area contributed by atoms with E-state index in [1.165, 1.54) is 14.0 Å². The molecule has 0 aliphatic rings. The Morgan fingerprint density at radius 2 is 1.20 bits per heavy atom. The van der Waals surface area contributed by atoms with E-state index in [1.54, 1.807) is 13.8 Å². The summed E-state index contributed by atoms with van der Waals surface area (Å²) in [6, 6.07) is -0.282. The van der Waals surface area contributed by atoms with E-state index >= 15 is 0 Å². The molecule has 0 radical (unpaired) electrons. The summed E-state index contributed by atoms with van der Waals surface area (Å²) < 4.78 is 10.3. The molecule has 0 aromatic heterocycles. The number of ketones is 1. The molecule has 35 heavy (non-hydrogen) atoms. The van der Waals surface area contributed by atoms with Crippen molar-refractivity contribution in [1.29, 1.82) is 0 Å². The van der Waals surface area contributed by atoms with Gasteiger partial charge in [-0.15, -0.1) is 0 Å². The lowest BCUT2D eigenvalue weighted by molar-refractivity contribution is -0.131. The van der Waals surface area contributed by atoms with Crippen LogP contribution in [0.4, 0.5) is 0 Å². The Hall–Kier alpha value is -2.04. The maximum absolute atomic E-state index is 11.3. The van der Waals surface area contributed by atoms with Crippen molar-refractivity contribution in [3.63, 3.8) is 0 Å². The highest BCUT2D eigenvalue weighted by atomic mass is 16.5. The van der Waals surface area contributed by atoms with Gasteiger partial charge in [0.2, 0.25) is 17.7 Å². The second kappa shape index (κ2) is 28.2. The summed E-state index contributed by atoms with van der Waals surface area (Å²) in [6.07, 6.45) is 0. The molecule has 0 saturated carbocycles. The fourth-order valence-electron chi connectivity index (χ4n) is 1.53. The number of carbonyl (C=O) groups excluding carboxylic acids is 4. The highest BCUT2D eigenvalue weighted by Crippen LogP contribution is 1.89. The monoisotopic (exact) mass is 506 g/mol. The van der Waals surface area contributed by atoms with E-state index in [0.717, 1.165) is 12.5 Å². The molecule has 0 aromatic rings. The summed E-state index contributed by atoms with van der Waals surface area (Å²) in [5.41, 5.74) is 0. The number of hydrogen-bond donors (Lipinski definition) is 4. The number of nitrogens with one attached hydrogen (secondary N) is 4. The Labute approximate surface area is 214 Å². The molecule has 10 nitrogen and oxygen atoms in total. The first-order valence-electron chi connectivity index (χ1n) is 12.2. The van der Waals surface area contributed by atoms with Crippen LogP contribution >= 0.6 is 0 Å². The van der Waals surface area contributed by atoms with Crippen LogP contribution in [0.25, 0.3) is 0 Å². The van der Waals surface area contributed by atoms with Gasteiger partial charge in [0.1, 0.15) is 18.4 Å². The highest BCUT2D eigenvalue weighted by Gasteiger charge is 2.13. The first-order chi connectivity index (χ1) is 16.1. The highest BCUT2D eigenvalue weighted by molar-refractivity contribution is 5.87. The summed E-state index contributed by atoms with van der Waals surface area (Å²) in [7, 11) is 3.36. The van der Waals surface area contributed by atoms with E-state index in [2.05, 4.69) is 42.0 Å². The van der Waals surface area contributed by atoms with Crippen molar-refractivity contribution in [3.8, 4) is 0 Å². The molecule has 4 N–H and O–H groups in total. The fourth-order valence-corrected chi connectivity index (χ4v) is 1.53. The Morgan fingerprint density at radius 3 is 1.51 bits per heavy atom. The predicted octanol–water partition coefficient (Wildman–Crippen LogP) is 1.91. The molecular weight excluding hydrogens is 452 g/mol. The first kappa shape index (κ1) is 40.1. The molecule has 1 atom stereocenters. The van der Waals surface area contributed by atoms with Crippen molar-refractivity contribution in [3.05, 3.63) is 0 Å². The van der Waals surface area contributed by atoms with Crippen LogP contribution in [-0.2, 0) is 28.7 Å². The van der Waals surface area contributed by atoms with E-state index < -0.39 is 6.04 Å². The van der Waals surface area contributed by atoms with Gasteiger partial charge < -0.3 is 30.7 Å². The minimum absolute atomic E-state index is 0.0370. The average molecular weight is 507 g/mol. The number of hydrogen-bond acceptors (Lipinski definition) is 7. The largest absolute Gasteiger partial charge is 0.378 e. The topological polar surface area (TPSA) is 135 Å². The van der Waals surface area contributed by atoms with Gasteiger partial charge in [0.05, 0.1) is 19.8 Å². The smallest absolute Gasteiger partial charge is 0.246 e. The van der Waals surface area contributed by atoms with Crippen molar-refractivity contribution in [1.82, 2.24) is 21.3 Å². The zero-order valence-corrected chi connectivity index (χ0v) is 24.3. The third-order valence-electron chi connectivity index (χ3n) is 3.42. The van der Waals surface area contributed by atoms with E-state index in [1.807, 2.05) is 34.7 Å². The van der Waals surface area contributed by atoms with Crippen LogP contribution in [-0.4, -0.2) is 82.7 Å². The number of Topliss-reactive ketones (excluding diaryl/α,β-unsaturated/α-hetero) is 1. The summed E-state index contributed by atoms with van der Waals surface area (Å²) in [5, 5.41) is 10.6. The van der Waals surface area contributed by atoms with Crippen LogP contribution in [0.2, 0.25) is 0 Å². The van der Waals surface area contributed by atoms with Gasteiger partial charge >= 0.3 is 0 Å². The summed E-state index contributed by atoms with van der Waals surface area (Å²) >= 11 is 0. The lowest BCUT2D eigenvalue weighted by Gasteiger charge is -2.12. The summed E-state index contributed by atoms with van der Waals surface area (Å²) in [5.74, 6) is 0.787. The van der Waals surface area contributed by atoms with Crippen LogP contribution < -0.4 is 21.3 Å². The molecule has 3 amide bonds. The number of amides is 3. The Bertz CT molecular complexity index is 537. The standard InChI is InChI=1S/C11H23N3O4.C5H11NO.C5H10O.C4H10/c1-9(11(16)13-3)14-10(15)8-18-7-6-17-5-4-12-2;1-4(2)6-5(3)7;1-4(2)5(3)6;1-4(2)3/h9,12H,4-8H2,1-3H3,(H,13,16)(H,14,15);4H,1-3H3,(H,6,7);4H,1-3H3;4H,1-3H3. The van der Waals surface area contributed by atoms with Gasteiger partial charge in [-0.25, -0.2) is 0 Å². The molecule has 210 valence electrons. The number of ether oxygens (including phenoxy) is 2. The van der Waals surface area contributed by atoms with Crippen molar-refractivity contribution in [2.24, 2.45) is 11.8 Å². The van der Waals surface area contributed by atoms with Gasteiger partial charge in [-0.1, -0.05) is 34.6 Å². The Balaban J connectivity index is -0.000000230.